The number of fused-ring (bicyclic) bond motifs is 1. The van der Waals surface area contributed by atoms with E-state index in [9.17, 15) is 14.9 Å². The quantitative estimate of drug-likeness (QED) is 0.225. The van der Waals surface area contributed by atoms with Crippen LogP contribution in [0.4, 0.5) is 16.4 Å². The standard InChI is InChI=1S/C28H29N5O3S3/c1-4-24(26(35)32-27-21(15-29)20-12-13-33(17(2)34)16-25(20)39-27)38-19-9-7-8-18(14-19)30-28(37)31-22-10-5-6-11-23(22)36-3/h5-11,14,24H,4,12-13,16H2,1-3H3,(H,32,35)(H2,30,31,37). The van der Waals surface area contributed by atoms with Crippen LogP contribution in [-0.2, 0) is 22.6 Å². The highest BCUT2D eigenvalue weighted by Gasteiger charge is 2.27. The Morgan fingerprint density at radius 3 is 2.72 bits per heavy atom. The molecular weight excluding hydrogens is 551 g/mol. The van der Waals surface area contributed by atoms with Crippen LogP contribution in [0.25, 0.3) is 0 Å². The van der Waals surface area contributed by atoms with E-state index in [0.29, 0.717) is 47.4 Å². The van der Waals surface area contributed by atoms with Crippen molar-refractivity contribution in [2.45, 2.75) is 43.4 Å². The number of carbonyl (C=O) groups excluding carboxylic acids is 2. The number of nitrogens with zero attached hydrogens (tertiary/aromatic N) is 2. The summed E-state index contributed by atoms with van der Waals surface area (Å²) in [5.74, 6) is 0.534. The average Bonchev–Trinajstić information content (AvgIpc) is 3.28. The monoisotopic (exact) mass is 579 g/mol. The third-order valence-corrected chi connectivity index (χ3v) is 8.93. The number of methoxy groups -OCH3 is 1. The maximum Gasteiger partial charge on any atom is 0.238 e. The number of para-hydroxylation sites is 2. The van der Waals surface area contributed by atoms with Crippen molar-refractivity contribution in [2.75, 3.05) is 29.6 Å². The number of thioether (sulfide) groups is 1. The topological polar surface area (TPSA) is 106 Å². The maximum absolute atomic E-state index is 13.3. The lowest BCUT2D eigenvalue weighted by Crippen LogP contribution is -2.33. The largest absolute Gasteiger partial charge is 0.495 e. The van der Waals surface area contributed by atoms with Crippen LogP contribution in [0.3, 0.4) is 0 Å². The minimum atomic E-state index is -0.363. The molecule has 3 N–H and O–H groups in total. The van der Waals surface area contributed by atoms with Gasteiger partial charge in [0.2, 0.25) is 11.8 Å². The lowest BCUT2D eigenvalue weighted by atomic mass is 10.0. The van der Waals surface area contributed by atoms with Gasteiger partial charge in [-0.2, -0.15) is 5.26 Å². The Morgan fingerprint density at radius 2 is 2.00 bits per heavy atom. The lowest BCUT2D eigenvalue weighted by molar-refractivity contribution is -0.129. The molecule has 0 radical (unpaired) electrons. The Balaban J connectivity index is 1.42. The second-order valence-corrected chi connectivity index (χ2v) is 11.6. The van der Waals surface area contributed by atoms with E-state index in [4.69, 9.17) is 17.0 Å². The van der Waals surface area contributed by atoms with Crippen LogP contribution < -0.4 is 20.7 Å². The van der Waals surface area contributed by atoms with Crippen molar-refractivity contribution in [1.29, 1.82) is 5.26 Å². The van der Waals surface area contributed by atoms with Crippen LogP contribution in [-0.4, -0.2) is 40.7 Å². The first-order valence-corrected chi connectivity index (χ1v) is 14.5. The van der Waals surface area contributed by atoms with Crippen molar-refractivity contribution in [2.24, 2.45) is 0 Å². The van der Waals surface area contributed by atoms with Crippen LogP contribution in [0.5, 0.6) is 5.75 Å². The summed E-state index contributed by atoms with van der Waals surface area (Å²) in [4.78, 5) is 28.7. The first-order chi connectivity index (χ1) is 18.8. The number of thiocarbonyl (C=S) groups is 1. The molecule has 1 unspecified atom stereocenters. The summed E-state index contributed by atoms with van der Waals surface area (Å²) in [6.07, 6.45) is 1.22. The molecule has 1 aliphatic rings. The summed E-state index contributed by atoms with van der Waals surface area (Å²) < 4.78 is 5.37. The number of benzene rings is 2. The molecule has 0 saturated carbocycles. The summed E-state index contributed by atoms with van der Waals surface area (Å²) in [7, 11) is 1.60. The van der Waals surface area contributed by atoms with Gasteiger partial charge in [-0.1, -0.05) is 25.1 Å². The van der Waals surface area contributed by atoms with Crippen LogP contribution >= 0.6 is 35.3 Å². The fourth-order valence-electron chi connectivity index (χ4n) is 4.24. The molecule has 2 heterocycles. The molecule has 0 saturated heterocycles. The normalized spacial score (nSPS) is 13.0. The minimum absolute atomic E-state index is 0.00801. The van der Waals surface area contributed by atoms with Gasteiger partial charge in [0.05, 0.1) is 30.2 Å². The molecule has 0 bridgehead atoms. The van der Waals surface area contributed by atoms with E-state index < -0.39 is 0 Å². The van der Waals surface area contributed by atoms with E-state index >= 15 is 0 Å². The molecule has 1 aliphatic heterocycles. The van der Waals surface area contributed by atoms with Crippen molar-refractivity contribution >= 4 is 68.6 Å². The van der Waals surface area contributed by atoms with Crippen molar-refractivity contribution in [3.05, 3.63) is 64.5 Å². The summed E-state index contributed by atoms with van der Waals surface area (Å²) in [6.45, 7) is 4.56. The van der Waals surface area contributed by atoms with Gasteiger partial charge in [-0.15, -0.1) is 23.1 Å². The SMILES string of the molecule is CCC(Sc1cccc(NC(=S)Nc2ccccc2OC)c1)C(=O)Nc1sc2c(c1C#N)CCN(C(C)=O)C2. The number of carbonyl (C=O) groups is 2. The molecule has 0 spiro atoms. The predicted molar refractivity (Wildman–Crippen MR) is 162 cm³/mol. The molecule has 1 atom stereocenters. The Labute approximate surface area is 241 Å². The van der Waals surface area contributed by atoms with Gasteiger partial charge in [-0.25, -0.2) is 0 Å². The van der Waals surface area contributed by atoms with E-state index in [1.165, 1.54) is 23.1 Å². The molecule has 0 aliphatic carbocycles. The number of ether oxygens (including phenoxy) is 1. The van der Waals surface area contributed by atoms with Crippen LogP contribution in [0.2, 0.25) is 0 Å². The number of anilines is 3. The van der Waals surface area contributed by atoms with Crippen molar-refractivity contribution in [1.82, 2.24) is 4.90 Å². The van der Waals surface area contributed by atoms with Crippen LogP contribution in [0, 0.1) is 11.3 Å². The number of rotatable bonds is 8. The van der Waals surface area contributed by atoms with E-state index in [0.717, 1.165) is 26.7 Å². The fraction of sp³-hybridized carbons (Fsp3) is 0.286. The fourth-order valence-corrected chi connectivity index (χ4v) is 6.70. The average molecular weight is 580 g/mol. The Kier molecular flexibility index (Phi) is 9.45. The molecule has 202 valence electrons. The van der Waals surface area contributed by atoms with Gasteiger partial charge < -0.3 is 25.6 Å². The molecule has 39 heavy (non-hydrogen) atoms. The predicted octanol–water partition coefficient (Wildman–Crippen LogP) is 5.85. The van der Waals surface area contributed by atoms with E-state index in [1.807, 2.05) is 55.5 Å². The van der Waals surface area contributed by atoms with Crippen LogP contribution in [0.1, 0.15) is 36.3 Å². The van der Waals surface area contributed by atoms with Gasteiger partial charge in [0.15, 0.2) is 5.11 Å². The summed E-state index contributed by atoms with van der Waals surface area (Å²) >= 11 is 8.32. The number of hydrogen-bond donors (Lipinski definition) is 3. The van der Waals surface area contributed by atoms with Gasteiger partial charge >= 0.3 is 0 Å². The van der Waals surface area contributed by atoms with Crippen molar-refractivity contribution < 1.29 is 14.3 Å². The second-order valence-electron chi connectivity index (χ2n) is 8.82. The first-order valence-electron chi connectivity index (χ1n) is 12.4. The smallest absolute Gasteiger partial charge is 0.238 e. The van der Waals surface area contributed by atoms with Crippen LogP contribution in [0.15, 0.2) is 53.4 Å². The van der Waals surface area contributed by atoms with Gasteiger partial charge in [0.25, 0.3) is 0 Å². The number of hydrogen-bond acceptors (Lipinski definition) is 7. The molecule has 2 aromatic carbocycles. The highest BCUT2D eigenvalue weighted by molar-refractivity contribution is 8.00. The zero-order valence-electron chi connectivity index (χ0n) is 21.9. The summed E-state index contributed by atoms with van der Waals surface area (Å²) in [5.41, 5.74) is 2.99. The molecule has 8 nitrogen and oxygen atoms in total. The van der Waals surface area contributed by atoms with E-state index in [1.54, 1.807) is 18.9 Å². The van der Waals surface area contributed by atoms with Gasteiger partial charge in [0, 0.05) is 28.9 Å². The zero-order chi connectivity index (χ0) is 27.9. The highest BCUT2D eigenvalue weighted by Crippen LogP contribution is 2.37. The second kappa shape index (κ2) is 13.0. The number of thiophene rings is 1. The third-order valence-electron chi connectivity index (χ3n) is 6.24. The number of nitriles is 1. The van der Waals surface area contributed by atoms with Gasteiger partial charge in [0.1, 0.15) is 16.8 Å². The van der Waals surface area contributed by atoms with Crippen molar-refractivity contribution in [3.63, 3.8) is 0 Å². The number of amides is 2. The Morgan fingerprint density at radius 1 is 1.21 bits per heavy atom. The summed E-state index contributed by atoms with van der Waals surface area (Å²) in [5, 5.41) is 19.7. The molecular formula is C28H29N5O3S3. The number of nitrogens with one attached hydrogen (secondary N) is 3. The first kappa shape index (κ1) is 28.4. The van der Waals surface area contributed by atoms with E-state index in [-0.39, 0.29) is 17.1 Å². The maximum atomic E-state index is 13.3. The molecule has 11 heteroatoms. The third kappa shape index (κ3) is 6.89. The molecule has 1 aromatic heterocycles. The van der Waals surface area contributed by atoms with Gasteiger partial charge in [-0.05, 0) is 61.0 Å². The Bertz CT molecular complexity index is 1430. The van der Waals surface area contributed by atoms with Gasteiger partial charge in [-0.3, -0.25) is 9.59 Å². The summed E-state index contributed by atoms with van der Waals surface area (Å²) in [6, 6.07) is 17.5. The zero-order valence-corrected chi connectivity index (χ0v) is 24.3. The highest BCUT2D eigenvalue weighted by atomic mass is 32.2. The molecule has 3 aromatic rings. The minimum Gasteiger partial charge on any atom is -0.495 e. The lowest BCUT2D eigenvalue weighted by Gasteiger charge is -2.25. The molecule has 4 rings (SSSR count). The molecule has 0 fully saturated rings. The molecule has 2 amide bonds. The Hall–Kier alpha value is -3.59. The van der Waals surface area contributed by atoms with E-state index in [2.05, 4.69) is 22.0 Å². The van der Waals surface area contributed by atoms with Crippen molar-refractivity contribution in [3.8, 4) is 11.8 Å².